The standard InChI is InChI=1S/C18H21ClF2N4O2/c19-13-3-1-12(2-4-13)18-23-17(27-24-18)6-5-16(26)22-14-7-9-25(10-8-14)11-15(20)21/h1-4,14-15H,5-11H2,(H,22,26). The third-order valence-corrected chi connectivity index (χ3v) is 4.74. The van der Waals surface area contributed by atoms with E-state index in [9.17, 15) is 13.6 Å². The average molecular weight is 399 g/mol. The highest BCUT2D eigenvalue weighted by atomic mass is 35.5. The number of benzene rings is 1. The Morgan fingerprint density at radius 1 is 1.30 bits per heavy atom. The lowest BCUT2D eigenvalue weighted by atomic mass is 10.0. The Morgan fingerprint density at radius 3 is 2.67 bits per heavy atom. The van der Waals surface area contributed by atoms with Crippen LogP contribution in [-0.4, -0.2) is 53.0 Å². The van der Waals surface area contributed by atoms with Crippen molar-refractivity contribution >= 4 is 17.5 Å². The van der Waals surface area contributed by atoms with Crippen LogP contribution in [0.15, 0.2) is 28.8 Å². The van der Waals surface area contributed by atoms with Crippen LogP contribution in [0.2, 0.25) is 5.02 Å². The molecule has 146 valence electrons. The third kappa shape index (κ3) is 5.97. The number of halogens is 3. The molecule has 0 aliphatic carbocycles. The summed E-state index contributed by atoms with van der Waals surface area (Å²) < 4.78 is 29.9. The van der Waals surface area contributed by atoms with Crippen LogP contribution in [-0.2, 0) is 11.2 Å². The van der Waals surface area contributed by atoms with E-state index in [2.05, 4.69) is 15.5 Å². The molecule has 0 unspecified atom stereocenters. The number of hydrogen-bond acceptors (Lipinski definition) is 5. The highest BCUT2D eigenvalue weighted by Crippen LogP contribution is 2.19. The Labute approximate surface area is 160 Å². The topological polar surface area (TPSA) is 71.3 Å². The van der Waals surface area contributed by atoms with E-state index in [4.69, 9.17) is 16.1 Å². The molecule has 0 saturated carbocycles. The molecule has 0 spiro atoms. The van der Waals surface area contributed by atoms with Crippen LogP contribution in [0.25, 0.3) is 11.4 Å². The number of rotatable bonds is 7. The second-order valence-corrected chi connectivity index (χ2v) is 6.99. The Bertz CT molecular complexity index is 746. The number of nitrogens with zero attached hydrogens (tertiary/aromatic N) is 3. The van der Waals surface area contributed by atoms with Gasteiger partial charge in [-0.15, -0.1) is 0 Å². The summed E-state index contributed by atoms with van der Waals surface area (Å²) in [5.41, 5.74) is 0.786. The molecule has 1 aliphatic heterocycles. The van der Waals surface area contributed by atoms with E-state index in [1.165, 1.54) is 0 Å². The highest BCUT2D eigenvalue weighted by molar-refractivity contribution is 6.30. The summed E-state index contributed by atoms with van der Waals surface area (Å²) in [7, 11) is 0. The van der Waals surface area contributed by atoms with Crippen molar-refractivity contribution in [2.24, 2.45) is 0 Å². The molecule has 1 fully saturated rings. The molecule has 1 amide bonds. The third-order valence-electron chi connectivity index (χ3n) is 4.49. The minimum Gasteiger partial charge on any atom is -0.353 e. The molecule has 9 heteroatoms. The number of carbonyl (C=O) groups excluding carboxylic acids is 1. The van der Waals surface area contributed by atoms with Crippen molar-refractivity contribution in [3.05, 3.63) is 35.2 Å². The van der Waals surface area contributed by atoms with Crippen LogP contribution in [0, 0.1) is 0 Å². The number of amides is 1. The van der Waals surface area contributed by atoms with Gasteiger partial charge in [0.15, 0.2) is 0 Å². The van der Waals surface area contributed by atoms with Crippen molar-refractivity contribution in [3.8, 4) is 11.4 Å². The second kappa shape index (κ2) is 9.23. The molecular weight excluding hydrogens is 378 g/mol. The number of likely N-dealkylation sites (tertiary alicyclic amines) is 1. The van der Waals surface area contributed by atoms with E-state index in [-0.39, 0.29) is 24.9 Å². The summed E-state index contributed by atoms with van der Waals surface area (Å²) >= 11 is 5.85. The van der Waals surface area contributed by atoms with Crippen molar-refractivity contribution in [1.82, 2.24) is 20.4 Å². The Morgan fingerprint density at radius 2 is 2.00 bits per heavy atom. The summed E-state index contributed by atoms with van der Waals surface area (Å²) in [5, 5.41) is 7.49. The van der Waals surface area contributed by atoms with E-state index in [0.717, 1.165) is 5.56 Å². The van der Waals surface area contributed by atoms with Gasteiger partial charge in [-0.25, -0.2) is 8.78 Å². The van der Waals surface area contributed by atoms with Crippen LogP contribution in [0.5, 0.6) is 0 Å². The van der Waals surface area contributed by atoms with E-state index in [0.29, 0.717) is 49.1 Å². The predicted molar refractivity (Wildman–Crippen MR) is 96.7 cm³/mol. The second-order valence-electron chi connectivity index (χ2n) is 6.55. The molecule has 0 radical (unpaired) electrons. The van der Waals surface area contributed by atoms with Crippen molar-refractivity contribution < 1.29 is 18.1 Å². The van der Waals surface area contributed by atoms with Crippen molar-refractivity contribution in [3.63, 3.8) is 0 Å². The van der Waals surface area contributed by atoms with Crippen LogP contribution in [0.3, 0.4) is 0 Å². The zero-order valence-corrected chi connectivity index (χ0v) is 15.5. The average Bonchev–Trinajstić information content (AvgIpc) is 3.11. The number of hydrogen-bond donors (Lipinski definition) is 1. The smallest absolute Gasteiger partial charge is 0.251 e. The van der Waals surface area contributed by atoms with Gasteiger partial charge in [0.2, 0.25) is 17.6 Å². The fourth-order valence-corrected chi connectivity index (χ4v) is 3.17. The molecule has 2 heterocycles. The van der Waals surface area contributed by atoms with Gasteiger partial charge in [0.25, 0.3) is 6.43 Å². The summed E-state index contributed by atoms with van der Waals surface area (Å²) in [6, 6.07) is 7.10. The molecule has 1 N–H and O–H groups in total. The summed E-state index contributed by atoms with van der Waals surface area (Å²) in [6.45, 7) is 0.945. The number of aryl methyl sites for hydroxylation is 1. The number of aromatic nitrogens is 2. The van der Waals surface area contributed by atoms with Gasteiger partial charge in [-0.2, -0.15) is 4.98 Å². The molecule has 3 rings (SSSR count). The van der Waals surface area contributed by atoms with Crippen molar-refractivity contribution in [1.29, 1.82) is 0 Å². The zero-order valence-electron chi connectivity index (χ0n) is 14.7. The molecule has 1 aromatic carbocycles. The number of carbonyl (C=O) groups is 1. The first-order valence-corrected chi connectivity index (χ1v) is 9.26. The first-order valence-electron chi connectivity index (χ1n) is 8.88. The normalized spacial score (nSPS) is 16.0. The zero-order chi connectivity index (χ0) is 19.2. The first-order chi connectivity index (χ1) is 13.0. The monoisotopic (exact) mass is 398 g/mol. The fraction of sp³-hybridized carbons (Fsp3) is 0.500. The Balaban J connectivity index is 1.41. The van der Waals surface area contributed by atoms with Gasteiger partial charge in [-0.05, 0) is 37.1 Å². The lowest BCUT2D eigenvalue weighted by Crippen LogP contribution is -2.45. The number of alkyl halides is 2. The molecule has 1 aliphatic rings. The lowest BCUT2D eigenvalue weighted by molar-refractivity contribution is -0.122. The van der Waals surface area contributed by atoms with E-state index >= 15 is 0 Å². The number of nitrogens with one attached hydrogen (secondary N) is 1. The van der Waals surface area contributed by atoms with Gasteiger partial charge in [0, 0.05) is 42.6 Å². The largest absolute Gasteiger partial charge is 0.353 e. The summed E-state index contributed by atoms with van der Waals surface area (Å²) in [4.78, 5) is 18.1. The van der Waals surface area contributed by atoms with Gasteiger partial charge in [-0.1, -0.05) is 16.8 Å². The maximum Gasteiger partial charge on any atom is 0.251 e. The van der Waals surface area contributed by atoms with Gasteiger partial charge >= 0.3 is 0 Å². The van der Waals surface area contributed by atoms with E-state index in [1.54, 1.807) is 29.2 Å². The van der Waals surface area contributed by atoms with Crippen LogP contribution < -0.4 is 5.32 Å². The molecule has 2 aromatic rings. The quantitative estimate of drug-likeness (QED) is 0.775. The van der Waals surface area contributed by atoms with E-state index in [1.807, 2.05) is 0 Å². The molecule has 1 saturated heterocycles. The lowest BCUT2D eigenvalue weighted by Gasteiger charge is -2.32. The van der Waals surface area contributed by atoms with Gasteiger partial charge in [0.1, 0.15) is 0 Å². The van der Waals surface area contributed by atoms with Gasteiger partial charge in [-0.3, -0.25) is 9.69 Å². The predicted octanol–water partition coefficient (Wildman–Crippen LogP) is 3.17. The number of piperidine rings is 1. The summed E-state index contributed by atoms with van der Waals surface area (Å²) in [5.74, 6) is 0.740. The Kier molecular flexibility index (Phi) is 6.73. The molecule has 0 bridgehead atoms. The van der Waals surface area contributed by atoms with Gasteiger partial charge in [0.05, 0.1) is 6.54 Å². The Hall–Kier alpha value is -2.06. The van der Waals surface area contributed by atoms with Gasteiger partial charge < -0.3 is 9.84 Å². The highest BCUT2D eigenvalue weighted by Gasteiger charge is 2.22. The fourth-order valence-electron chi connectivity index (χ4n) is 3.05. The molecule has 1 aromatic heterocycles. The minimum absolute atomic E-state index is 0.0266. The van der Waals surface area contributed by atoms with Crippen LogP contribution >= 0.6 is 11.6 Å². The van der Waals surface area contributed by atoms with Crippen molar-refractivity contribution in [2.45, 2.75) is 38.2 Å². The van der Waals surface area contributed by atoms with Crippen LogP contribution in [0.4, 0.5) is 8.78 Å². The van der Waals surface area contributed by atoms with Crippen molar-refractivity contribution in [2.75, 3.05) is 19.6 Å². The molecule has 0 atom stereocenters. The minimum atomic E-state index is -2.32. The van der Waals surface area contributed by atoms with Crippen LogP contribution in [0.1, 0.15) is 25.2 Å². The first kappa shape index (κ1) is 19.7. The SMILES string of the molecule is O=C(CCc1nc(-c2ccc(Cl)cc2)no1)NC1CCN(CC(F)F)CC1. The van der Waals surface area contributed by atoms with E-state index < -0.39 is 6.43 Å². The maximum atomic E-state index is 12.4. The summed E-state index contributed by atoms with van der Waals surface area (Å²) in [6.07, 6.45) is -0.376. The molecule has 6 nitrogen and oxygen atoms in total. The molecular formula is C18H21ClF2N4O2. The maximum absolute atomic E-state index is 12.4. The molecule has 27 heavy (non-hydrogen) atoms.